The lowest BCUT2D eigenvalue weighted by Crippen LogP contribution is -1.82. The first-order chi connectivity index (χ1) is 5.68. The van der Waals surface area contributed by atoms with Gasteiger partial charge in [0.2, 0.25) is 0 Å². The minimum Gasteiger partial charge on any atom is -0.361 e. The predicted molar refractivity (Wildman–Crippen MR) is 43.0 cm³/mol. The summed E-state index contributed by atoms with van der Waals surface area (Å²) in [4.78, 5) is 2.85. The van der Waals surface area contributed by atoms with Crippen molar-refractivity contribution in [2.75, 3.05) is 0 Å². The molecule has 0 unspecified atom stereocenters. The van der Waals surface area contributed by atoms with E-state index >= 15 is 0 Å². The number of nitrogens with one attached hydrogen (secondary N) is 1. The van der Waals surface area contributed by atoms with Gasteiger partial charge >= 0.3 is 0 Å². The largest absolute Gasteiger partial charge is 0.361 e. The van der Waals surface area contributed by atoms with Gasteiger partial charge in [0.15, 0.2) is 11.6 Å². The Labute approximate surface area is 68.0 Å². The molecule has 1 nitrogen and oxygen atoms in total. The summed E-state index contributed by atoms with van der Waals surface area (Å²) in [6.45, 7) is 1.84. The number of hydrogen-bond acceptors (Lipinski definition) is 0. The highest BCUT2D eigenvalue weighted by Crippen LogP contribution is 2.20. The lowest BCUT2D eigenvalue weighted by molar-refractivity contribution is 0.511. The van der Waals surface area contributed by atoms with Crippen molar-refractivity contribution >= 4 is 10.9 Å². The van der Waals surface area contributed by atoms with Crippen LogP contribution >= 0.6 is 0 Å². The van der Waals surface area contributed by atoms with Crippen molar-refractivity contribution in [1.82, 2.24) is 4.98 Å². The summed E-state index contributed by atoms with van der Waals surface area (Å²) in [5.74, 6) is -1.62. The van der Waals surface area contributed by atoms with E-state index < -0.39 is 11.6 Å². The fourth-order valence-corrected chi connectivity index (χ4v) is 1.26. The molecular formula is C9H7F2N. The number of aromatic amines is 1. The van der Waals surface area contributed by atoms with E-state index in [1.165, 1.54) is 6.07 Å². The maximum atomic E-state index is 12.7. The summed E-state index contributed by atoms with van der Waals surface area (Å²) in [6.07, 6.45) is 1.73. The van der Waals surface area contributed by atoms with E-state index in [0.29, 0.717) is 5.52 Å². The standard InChI is InChI=1S/C9H7F2N/c1-5-4-12-9-3-8(11)7(10)2-6(5)9/h2-4,12H,1H3. The van der Waals surface area contributed by atoms with Crippen LogP contribution in [0, 0.1) is 18.6 Å². The van der Waals surface area contributed by atoms with Crippen LogP contribution in [0.4, 0.5) is 8.78 Å². The molecule has 1 N–H and O–H groups in total. The third-order valence-electron chi connectivity index (χ3n) is 1.93. The fourth-order valence-electron chi connectivity index (χ4n) is 1.26. The Kier molecular flexibility index (Phi) is 1.40. The van der Waals surface area contributed by atoms with Gasteiger partial charge in [-0.3, -0.25) is 0 Å². The zero-order valence-electron chi connectivity index (χ0n) is 6.49. The zero-order chi connectivity index (χ0) is 8.72. The van der Waals surface area contributed by atoms with Gasteiger partial charge in [-0.2, -0.15) is 0 Å². The SMILES string of the molecule is Cc1c[nH]c2cc(F)c(F)cc12. The summed E-state index contributed by atoms with van der Waals surface area (Å²) < 4.78 is 25.4. The number of rotatable bonds is 0. The highest BCUT2D eigenvalue weighted by atomic mass is 19.2. The number of halogens is 2. The van der Waals surface area contributed by atoms with Crippen LogP contribution in [0.25, 0.3) is 10.9 Å². The van der Waals surface area contributed by atoms with Gasteiger partial charge < -0.3 is 4.98 Å². The van der Waals surface area contributed by atoms with E-state index in [1.807, 2.05) is 6.92 Å². The average molecular weight is 167 g/mol. The molecule has 0 saturated carbocycles. The summed E-state index contributed by atoms with van der Waals surface area (Å²) in [7, 11) is 0. The zero-order valence-corrected chi connectivity index (χ0v) is 6.49. The van der Waals surface area contributed by atoms with Gasteiger partial charge in [0, 0.05) is 23.2 Å². The summed E-state index contributed by atoms with van der Waals surface area (Å²) in [6, 6.07) is 2.37. The van der Waals surface area contributed by atoms with Gasteiger partial charge in [0.25, 0.3) is 0 Å². The lowest BCUT2D eigenvalue weighted by atomic mass is 10.2. The Morgan fingerprint density at radius 1 is 1.17 bits per heavy atom. The van der Waals surface area contributed by atoms with Crippen LogP contribution in [0.3, 0.4) is 0 Å². The Hall–Kier alpha value is -1.38. The van der Waals surface area contributed by atoms with Crippen LogP contribution < -0.4 is 0 Å². The Morgan fingerprint density at radius 3 is 2.58 bits per heavy atom. The molecule has 0 fully saturated rings. The van der Waals surface area contributed by atoms with Crippen molar-refractivity contribution in [2.45, 2.75) is 6.92 Å². The van der Waals surface area contributed by atoms with Crippen LogP contribution in [-0.4, -0.2) is 4.98 Å². The highest BCUT2D eigenvalue weighted by Gasteiger charge is 2.05. The molecule has 1 aromatic carbocycles. The molecule has 0 aliphatic carbocycles. The molecule has 0 saturated heterocycles. The molecule has 0 spiro atoms. The molecular weight excluding hydrogens is 160 g/mol. The number of hydrogen-bond donors (Lipinski definition) is 1. The van der Waals surface area contributed by atoms with Crippen LogP contribution in [0.2, 0.25) is 0 Å². The molecule has 0 aliphatic heterocycles. The molecule has 2 rings (SSSR count). The van der Waals surface area contributed by atoms with Crippen molar-refractivity contribution in [3.63, 3.8) is 0 Å². The Bertz CT molecular complexity index is 431. The second-order valence-electron chi connectivity index (χ2n) is 2.78. The first kappa shape index (κ1) is 7.28. The molecule has 3 heteroatoms. The molecule has 2 aromatic rings. The van der Waals surface area contributed by atoms with Gasteiger partial charge in [-0.1, -0.05) is 0 Å². The van der Waals surface area contributed by atoms with Gasteiger partial charge in [0.05, 0.1) is 0 Å². The second kappa shape index (κ2) is 2.30. The molecule has 1 aromatic heterocycles. The minimum atomic E-state index is -0.815. The number of fused-ring (bicyclic) bond motifs is 1. The Balaban J connectivity index is 2.87. The molecule has 12 heavy (non-hydrogen) atoms. The van der Waals surface area contributed by atoms with Crippen molar-refractivity contribution in [3.8, 4) is 0 Å². The topological polar surface area (TPSA) is 15.8 Å². The van der Waals surface area contributed by atoms with Crippen LogP contribution in [0.15, 0.2) is 18.3 Å². The van der Waals surface area contributed by atoms with E-state index in [1.54, 1.807) is 6.20 Å². The second-order valence-corrected chi connectivity index (χ2v) is 2.78. The summed E-state index contributed by atoms with van der Waals surface area (Å²) in [5.41, 5.74) is 1.55. The molecule has 0 amide bonds. The van der Waals surface area contributed by atoms with Gasteiger partial charge in [-0.25, -0.2) is 8.78 Å². The van der Waals surface area contributed by atoms with Gasteiger partial charge in [-0.15, -0.1) is 0 Å². The highest BCUT2D eigenvalue weighted by molar-refractivity contribution is 5.82. The number of H-pyrrole nitrogens is 1. The number of aryl methyl sites for hydroxylation is 1. The third-order valence-corrected chi connectivity index (χ3v) is 1.93. The van der Waals surface area contributed by atoms with Crippen LogP contribution in [0.5, 0.6) is 0 Å². The van der Waals surface area contributed by atoms with Crippen molar-refractivity contribution < 1.29 is 8.78 Å². The fraction of sp³-hybridized carbons (Fsp3) is 0.111. The predicted octanol–water partition coefficient (Wildman–Crippen LogP) is 2.75. The van der Waals surface area contributed by atoms with Crippen molar-refractivity contribution in [3.05, 3.63) is 35.5 Å². The summed E-state index contributed by atoms with van der Waals surface area (Å²) in [5, 5.41) is 0.730. The smallest absolute Gasteiger partial charge is 0.160 e. The quantitative estimate of drug-likeness (QED) is 0.621. The molecule has 62 valence electrons. The molecule has 0 aliphatic rings. The van der Waals surface area contributed by atoms with E-state index in [0.717, 1.165) is 17.0 Å². The van der Waals surface area contributed by atoms with Gasteiger partial charge in [-0.05, 0) is 18.6 Å². The molecule has 1 heterocycles. The molecule has 0 atom stereocenters. The van der Waals surface area contributed by atoms with Gasteiger partial charge in [0.1, 0.15) is 0 Å². The number of benzene rings is 1. The van der Waals surface area contributed by atoms with Crippen molar-refractivity contribution in [1.29, 1.82) is 0 Å². The molecule has 0 bridgehead atoms. The first-order valence-corrected chi connectivity index (χ1v) is 3.61. The van der Waals surface area contributed by atoms with E-state index in [9.17, 15) is 8.78 Å². The first-order valence-electron chi connectivity index (χ1n) is 3.61. The van der Waals surface area contributed by atoms with E-state index in [2.05, 4.69) is 4.98 Å². The lowest BCUT2D eigenvalue weighted by Gasteiger charge is -1.93. The van der Waals surface area contributed by atoms with Crippen LogP contribution in [-0.2, 0) is 0 Å². The van der Waals surface area contributed by atoms with E-state index in [4.69, 9.17) is 0 Å². The number of aromatic nitrogens is 1. The molecule has 0 radical (unpaired) electrons. The maximum absolute atomic E-state index is 12.7. The summed E-state index contributed by atoms with van der Waals surface area (Å²) >= 11 is 0. The normalized spacial score (nSPS) is 10.9. The minimum absolute atomic E-state index is 0.631. The van der Waals surface area contributed by atoms with E-state index in [-0.39, 0.29) is 0 Å². The monoisotopic (exact) mass is 167 g/mol. The van der Waals surface area contributed by atoms with Crippen molar-refractivity contribution in [2.24, 2.45) is 0 Å². The maximum Gasteiger partial charge on any atom is 0.160 e. The Morgan fingerprint density at radius 2 is 1.83 bits per heavy atom. The average Bonchev–Trinajstić information content (AvgIpc) is 2.35. The van der Waals surface area contributed by atoms with Crippen LogP contribution in [0.1, 0.15) is 5.56 Å². The third kappa shape index (κ3) is 0.897.